The Bertz CT molecular complexity index is 857. The molecule has 0 saturated heterocycles. The lowest BCUT2D eigenvalue weighted by Gasteiger charge is -2.24. The van der Waals surface area contributed by atoms with Crippen molar-refractivity contribution in [2.24, 2.45) is 0 Å². The molecule has 0 aromatic heterocycles. The number of nitrogens with one attached hydrogen (secondary N) is 1. The number of carbonyl (C=O) groups is 2. The van der Waals surface area contributed by atoms with Gasteiger partial charge in [-0.05, 0) is 36.1 Å². The first kappa shape index (κ1) is 19.7. The van der Waals surface area contributed by atoms with E-state index in [2.05, 4.69) is 19.2 Å². The minimum Gasteiger partial charge on any atom is -0.486 e. The first-order valence-corrected chi connectivity index (χ1v) is 9.61. The van der Waals surface area contributed by atoms with E-state index < -0.39 is 0 Å². The highest BCUT2D eigenvalue weighted by atomic mass is 16.6. The second-order valence-electron chi connectivity index (χ2n) is 6.64. The number of benzene rings is 2. The molecule has 1 aliphatic rings. The van der Waals surface area contributed by atoms with Crippen LogP contribution in [0.1, 0.15) is 31.9 Å². The molecule has 28 heavy (non-hydrogen) atoms. The zero-order valence-corrected chi connectivity index (χ0v) is 16.6. The Labute approximate surface area is 165 Å². The number of ether oxygens (including phenoxy) is 2. The van der Waals surface area contributed by atoms with Crippen molar-refractivity contribution in [1.29, 1.82) is 0 Å². The maximum atomic E-state index is 12.8. The van der Waals surface area contributed by atoms with E-state index in [-0.39, 0.29) is 18.4 Å². The molecular formula is C22H26N2O4. The largest absolute Gasteiger partial charge is 0.486 e. The summed E-state index contributed by atoms with van der Waals surface area (Å²) < 4.78 is 11.1. The summed E-state index contributed by atoms with van der Waals surface area (Å²) in [5.74, 6) is 0.777. The highest BCUT2D eigenvalue weighted by molar-refractivity contribution is 6.02. The zero-order valence-electron chi connectivity index (χ0n) is 16.6. The van der Waals surface area contributed by atoms with Crippen LogP contribution in [0.3, 0.4) is 0 Å². The first-order chi connectivity index (χ1) is 13.5. The van der Waals surface area contributed by atoms with Crippen molar-refractivity contribution in [3.05, 3.63) is 47.5 Å². The minimum atomic E-state index is -0.235. The average molecular weight is 382 g/mol. The highest BCUT2D eigenvalue weighted by Gasteiger charge is 2.20. The lowest BCUT2D eigenvalue weighted by molar-refractivity contribution is -0.120. The number of hydrogen-bond donors (Lipinski definition) is 1. The number of carbonyl (C=O) groups excluding carboxylic acids is 2. The smallest absolute Gasteiger partial charge is 0.244 e. The van der Waals surface area contributed by atoms with Crippen LogP contribution in [-0.4, -0.2) is 31.6 Å². The number of amides is 2. The molecular weight excluding hydrogens is 356 g/mol. The zero-order chi connectivity index (χ0) is 20.1. The van der Waals surface area contributed by atoms with E-state index in [0.717, 1.165) is 29.7 Å². The maximum absolute atomic E-state index is 12.8. The molecule has 0 bridgehead atoms. The Hall–Kier alpha value is -3.02. The number of anilines is 2. The van der Waals surface area contributed by atoms with Crippen molar-refractivity contribution >= 4 is 23.2 Å². The summed E-state index contributed by atoms with van der Waals surface area (Å²) >= 11 is 0. The van der Waals surface area contributed by atoms with Crippen molar-refractivity contribution in [3.63, 3.8) is 0 Å². The van der Waals surface area contributed by atoms with E-state index in [0.29, 0.717) is 30.4 Å². The van der Waals surface area contributed by atoms with Gasteiger partial charge in [0.2, 0.25) is 11.8 Å². The van der Waals surface area contributed by atoms with Crippen LogP contribution in [0.15, 0.2) is 36.4 Å². The summed E-state index contributed by atoms with van der Waals surface area (Å²) in [5.41, 5.74) is 3.62. The van der Waals surface area contributed by atoms with Gasteiger partial charge in [0.1, 0.15) is 19.8 Å². The Kier molecular flexibility index (Phi) is 6.19. The fourth-order valence-electron chi connectivity index (χ4n) is 3.31. The third-order valence-corrected chi connectivity index (χ3v) is 4.78. The van der Waals surface area contributed by atoms with Crippen LogP contribution < -0.4 is 19.7 Å². The van der Waals surface area contributed by atoms with Crippen LogP contribution in [-0.2, 0) is 22.4 Å². The summed E-state index contributed by atoms with van der Waals surface area (Å²) in [6.07, 6.45) is 1.64. The molecule has 6 heteroatoms. The van der Waals surface area contributed by atoms with Gasteiger partial charge < -0.3 is 19.7 Å². The molecule has 6 nitrogen and oxygen atoms in total. The van der Waals surface area contributed by atoms with Gasteiger partial charge in [0.15, 0.2) is 11.5 Å². The normalized spacial score (nSPS) is 12.4. The SMILES string of the molecule is CCc1cccc(CC)c1NC(=O)CN(C(C)=O)c1ccc2c(c1)OCCO2. The van der Waals surface area contributed by atoms with E-state index in [1.807, 2.05) is 18.2 Å². The van der Waals surface area contributed by atoms with E-state index in [9.17, 15) is 9.59 Å². The number of hydrogen-bond acceptors (Lipinski definition) is 4. The summed E-state index contributed by atoms with van der Waals surface area (Å²) in [4.78, 5) is 26.4. The molecule has 1 heterocycles. The summed E-state index contributed by atoms with van der Waals surface area (Å²) in [5, 5.41) is 3.01. The molecule has 3 rings (SSSR count). The molecule has 2 amide bonds. The number of aryl methyl sites for hydroxylation is 2. The fourth-order valence-corrected chi connectivity index (χ4v) is 3.31. The van der Waals surface area contributed by atoms with Crippen LogP contribution in [0.4, 0.5) is 11.4 Å². The van der Waals surface area contributed by atoms with Crippen LogP contribution in [0.5, 0.6) is 11.5 Å². The van der Waals surface area contributed by atoms with Gasteiger partial charge in [-0.2, -0.15) is 0 Å². The molecule has 0 atom stereocenters. The van der Waals surface area contributed by atoms with Crippen LogP contribution in [0, 0.1) is 0 Å². The van der Waals surface area contributed by atoms with Crippen molar-refractivity contribution in [3.8, 4) is 11.5 Å². The molecule has 0 unspecified atom stereocenters. The van der Waals surface area contributed by atoms with Gasteiger partial charge in [-0.15, -0.1) is 0 Å². The maximum Gasteiger partial charge on any atom is 0.244 e. The van der Waals surface area contributed by atoms with E-state index in [4.69, 9.17) is 9.47 Å². The van der Waals surface area contributed by atoms with Crippen molar-refractivity contribution in [2.75, 3.05) is 30.0 Å². The Morgan fingerprint density at radius 2 is 1.64 bits per heavy atom. The lowest BCUT2D eigenvalue weighted by atomic mass is 10.0. The second kappa shape index (κ2) is 8.78. The number of fused-ring (bicyclic) bond motifs is 1. The molecule has 2 aromatic carbocycles. The van der Waals surface area contributed by atoms with Gasteiger partial charge in [0, 0.05) is 24.4 Å². The van der Waals surface area contributed by atoms with Crippen LogP contribution >= 0.6 is 0 Å². The van der Waals surface area contributed by atoms with Gasteiger partial charge in [0.25, 0.3) is 0 Å². The van der Waals surface area contributed by atoms with Crippen molar-refractivity contribution in [2.45, 2.75) is 33.6 Å². The summed E-state index contributed by atoms with van der Waals surface area (Å²) in [7, 11) is 0. The average Bonchev–Trinajstić information content (AvgIpc) is 2.71. The molecule has 0 radical (unpaired) electrons. The molecule has 1 aliphatic heterocycles. The van der Waals surface area contributed by atoms with Gasteiger partial charge in [0.05, 0.1) is 0 Å². The van der Waals surface area contributed by atoms with E-state index >= 15 is 0 Å². The third kappa shape index (κ3) is 4.27. The molecule has 0 saturated carbocycles. The quantitative estimate of drug-likeness (QED) is 0.829. The van der Waals surface area contributed by atoms with Crippen LogP contribution in [0.25, 0.3) is 0 Å². The predicted molar refractivity (Wildman–Crippen MR) is 109 cm³/mol. The molecule has 0 aliphatic carbocycles. The first-order valence-electron chi connectivity index (χ1n) is 9.61. The topological polar surface area (TPSA) is 67.9 Å². The third-order valence-electron chi connectivity index (χ3n) is 4.78. The second-order valence-corrected chi connectivity index (χ2v) is 6.64. The van der Waals surface area contributed by atoms with E-state index in [1.165, 1.54) is 11.8 Å². The predicted octanol–water partition coefficient (Wildman–Crippen LogP) is 3.57. The number of rotatable bonds is 6. The minimum absolute atomic E-state index is 0.0732. The number of para-hydroxylation sites is 1. The molecule has 0 fully saturated rings. The molecule has 148 valence electrons. The van der Waals surface area contributed by atoms with Crippen molar-refractivity contribution < 1.29 is 19.1 Å². The van der Waals surface area contributed by atoms with E-state index in [1.54, 1.807) is 18.2 Å². The van der Waals surface area contributed by atoms with Crippen LogP contribution in [0.2, 0.25) is 0 Å². The van der Waals surface area contributed by atoms with Gasteiger partial charge in [-0.1, -0.05) is 32.0 Å². The lowest BCUT2D eigenvalue weighted by Crippen LogP contribution is -2.37. The number of nitrogens with zero attached hydrogens (tertiary/aromatic N) is 1. The van der Waals surface area contributed by atoms with Gasteiger partial charge in [-0.25, -0.2) is 0 Å². The molecule has 2 aromatic rings. The molecule has 0 spiro atoms. The summed E-state index contributed by atoms with van der Waals surface area (Å²) in [6, 6.07) is 11.3. The van der Waals surface area contributed by atoms with Gasteiger partial charge >= 0.3 is 0 Å². The van der Waals surface area contributed by atoms with Gasteiger partial charge in [-0.3, -0.25) is 9.59 Å². The monoisotopic (exact) mass is 382 g/mol. The van der Waals surface area contributed by atoms with Crippen molar-refractivity contribution in [1.82, 2.24) is 0 Å². The standard InChI is InChI=1S/C22H26N2O4/c1-4-16-7-6-8-17(5-2)22(16)23-21(26)14-24(15(3)25)18-9-10-19-20(13-18)28-12-11-27-19/h6-10,13H,4-5,11-12,14H2,1-3H3,(H,23,26). The fraction of sp³-hybridized carbons (Fsp3) is 0.364. The molecule has 1 N–H and O–H groups in total. The Balaban J connectivity index is 1.80. The summed E-state index contributed by atoms with van der Waals surface area (Å²) in [6.45, 7) is 6.45. The Morgan fingerprint density at radius 1 is 1.00 bits per heavy atom. The highest BCUT2D eigenvalue weighted by Crippen LogP contribution is 2.34. The Morgan fingerprint density at radius 3 is 2.25 bits per heavy atom.